The lowest BCUT2D eigenvalue weighted by molar-refractivity contribution is 0.0901. The lowest BCUT2D eigenvalue weighted by Gasteiger charge is -2.11. The summed E-state index contributed by atoms with van der Waals surface area (Å²) >= 11 is 0. The van der Waals surface area contributed by atoms with Crippen LogP contribution >= 0.6 is 0 Å². The van der Waals surface area contributed by atoms with Crippen LogP contribution in [0.3, 0.4) is 0 Å². The van der Waals surface area contributed by atoms with Crippen molar-refractivity contribution in [1.29, 1.82) is 0 Å². The standard InChI is InChI=1S/C13H18N2O2/c1-8-2-3-10(6-11(8)14)13(17)15-7-12(16)9-4-5-9/h2-3,6,9,12,16H,4-5,7,14H2,1H3,(H,15,17). The lowest BCUT2D eigenvalue weighted by Crippen LogP contribution is -2.33. The van der Waals surface area contributed by atoms with E-state index in [1.165, 1.54) is 0 Å². The minimum Gasteiger partial charge on any atom is -0.398 e. The molecule has 4 nitrogen and oxygen atoms in total. The van der Waals surface area contributed by atoms with Crippen molar-refractivity contribution in [3.05, 3.63) is 29.3 Å². The van der Waals surface area contributed by atoms with E-state index >= 15 is 0 Å². The van der Waals surface area contributed by atoms with Crippen molar-refractivity contribution in [1.82, 2.24) is 5.32 Å². The fraction of sp³-hybridized carbons (Fsp3) is 0.462. The Labute approximate surface area is 101 Å². The quantitative estimate of drug-likeness (QED) is 0.682. The maximum Gasteiger partial charge on any atom is 0.251 e. The van der Waals surface area contributed by atoms with E-state index in [-0.39, 0.29) is 5.91 Å². The van der Waals surface area contributed by atoms with Crippen LogP contribution in [0, 0.1) is 12.8 Å². The van der Waals surface area contributed by atoms with Crippen LogP contribution in [-0.2, 0) is 0 Å². The minimum atomic E-state index is -0.415. The van der Waals surface area contributed by atoms with Gasteiger partial charge in [0.1, 0.15) is 0 Å². The molecule has 1 aromatic rings. The summed E-state index contributed by atoms with van der Waals surface area (Å²) in [6, 6.07) is 5.22. The van der Waals surface area contributed by atoms with Gasteiger partial charge in [0.2, 0.25) is 0 Å². The number of carbonyl (C=O) groups is 1. The number of anilines is 1. The van der Waals surface area contributed by atoms with E-state index in [1.807, 2.05) is 13.0 Å². The van der Waals surface area contributed by atoms with Crippen LogP contribution < -0.4 is 11.1 Å². The van der Waals surface area contributed by atoms with Crippen molar-refractivity contribution in [3.8, 4) is 0 Å². The first kappa shape index (κ1) is 11.9. The summed E-state index contributed by atoms with van der Waals surface area (Å²) in [5.41, 5.74) is 7.85. The van der Waals surface area contributed by atoms with Gasteiger partial charge in [0, 0.05) is 17.8 Å². The first-order valence-corrected chi connectivity index (χ1v) is 5.90. The van der Waals surface area contributed by atoms with Gasteiger partial charge in [0.25, 0.3) is 5.91 Å². The van der Waals surface area contributed by atoms with Gasteiger partial charge in [-0.15, -0.1) is 0 Å². The van der Waals surface area contributed by atoms with Gasteiger partial charge in [0.15, 0.2) is 0 Å². The van der Waals surface area contributed by atoms with Gasteiger partial charge >= 0.3 is 0 Å². The topological polar surface area (TPSA) is 75.3 Å². The number of hydrogen-bond donors (Lipinski definition) is 3. The van der Waals surface area contributed by atoms with Gasteiger partial charge in [-0.05, 0) is 43.4 Å². The Kier molecular flexibility index (Phi) is 3.33. The molecular formula is C13H18N2O2. The molecule has 92 valence electrons. The van der Waals surface area contributed by atoms with E-state index in [1.54, 1.807) is 12.1 Å². The highest BCUT2D eigenvalue weighted by Crippen LogP contribution is 2.32. The molecule has 0 radical (unpaired) electrons. The highest BCUT2D eigenvalue weighted by molar-refractivity contribution is 5.95. The van der Waals surface area contributed by atoms with E-state index in [9.17, 15) is 9.90 Å². The Morgan fingerprint density at radius 3 is 2.88 bits per heavy atom. The average molecular weight is 234 g/mol. The monoisotopic (exact) mass is 234 g/mol. The second-order valence-electron chi connectivity index (χ2n) is 4.69. The van der Waals surface area contributed by atoms with Crippen molar-refractivity contribution in [2.45, 2.75) is 25.9 Å². The second kappa shape index (κ2) is 4.75. The van der Waals surface area contributed by atoms with Crippen LogP contribution in [0.1, 0.15) is 28.8 Å². The maximum atomic E-state index is 11.8. The number of nitrogens with one attached hydrogen (secondary N) is 1. The molecule has 1 aliphatic carbocycles. The fourth-order valence-electron chi connectivity index (χ4n) is 1.73. The Balaban J connectivity index is 1.92. The Morgan fingerprint density at radius 2 is 2.29 bits per heavy atom. The number of aryl methyl sites for hydroxylation is 1. The zero-order valence-corrected chi connectivity index (χ0v) is 9.94. The van der Waals surface area contributed by atoms with Crippen molar-refractivity contribution in [2.75, 3.05) is 12.3 Å². The fourth-order valence-corrected chi connectivity index (χ4v) is 1.73. The third-order valence-corrected chi connectivity index (χ3v) is 3.18. The van der Waals surface area contributed by atoms with Crippen LogP contribution in [0.5, 0.6) is 0 Å². The maximum absolute atomic E-state index is 11.8. The molecule has 0 bridgehead atoms. The second-order valence-corrected chi connectivity index (χ2v) is 4.69. The minimum absolute atomic E-state index is 0.184. The molecule has 0 spiro atoms. The summed E-state index contributed by atoms with van der Waals surface area (Å²) < 4.78 is 0. The normalized spacial score (nSPS) is 16.6. The molecule has 4 N–H and O–H groups in total. The van der Waals surface area contributed by atoms with Crippen molar-refractivity contribution in [3.63, 3.8) is 0 Å². The number of hydrogen-bond acceptors (Lipinski definition) is 3. The van der Waals surface area contributed by atoms with Crippen molar-refractivity contribution in [2.24, 2.45) is 5.92 Å². The predicted molar refractivity (Wildman–Crippen MR) is 66.7 cm³/mol. The summed E-state index contributed by atoms with van der Waals surface area (Å²) in [6.07, 6.45) is 1.71. The van der Waals surface area contributed by atoms with Crippen LogP contribution in [-0.4, -0.2) is 23.7 Å². The highest BCUT2D eigenvalue weighted by Gasteiger charge is 2.29. The number of aliphatic hydroxyl groups excluding tert-OH is 1. The number of carbonyl (C=O) groups excluding carboxylic acids is 1. The molecular weight excluding hydrogens is 216 g/mol. The van der Waals surface area contributed by atoms with E-state index in [0.717, 1.165) is 18.4 Å². The molecule has 1 unspecified atom stereocenters. The molecule has 0 heterocycles. The zero-order chi connectivity index (χ0) is 12.4. The first-order chi connectivity index (χ1) is 8.08. The Hall–Kier alpha value is -1.55. The van der Waals surface area contributed by atoms with Gasteiger partial charge in [-0.2, -0.15) is 0 Å². The summed E-state index contributed by atoms with van der Waals surface area (Å²) in [7, 11) is 0. The number of rotatable bonds is 4. The lowest BCUT2D eigenvalue weighted by atomic mass is 10.1. The molecule has 1 atom stereocenters. The highest BCUT2D eigenvalue weighted by atomic mass is 16.3. The van der Waals surface area contributed by atoms with E-state index < -0.39 is 6.10 Å². The molecule has 1 saturated carbocycles. The van der Waals surface area contributed by atoms with E-state index in [2.05, 4.69) is 5.32 Å². The molecule has 1 aromatic carbocycles. The van der Waals surface area contributed by atoms with Crippen LogP contribution in [0.2, 0.25) is 0 Å². The third-order valence-electron chi connectivity index (χ3n) is 3.18. The summed E-state index contributed by atoms with van der Waals surface area (Å²) in [5.74, 6) is 0.190. The number of amides is 1. The van der Waals surface area contributed by atoms with Crippen LogP contribution in [0.25, 0.3) is 0 Å². The van der Waals surface area contributed by atoms with Gasteiger partial charge in [-0.1, -0.05) is 6.07 Å². The molecule has 0 aliphatic heterocycles. The molecule has 0 saturated heterocycles. The molecule has 17 heavy (non-hydrogen) atoms. The molecule has 0 aromatic heterocycles. The van der Waals surface area contributed by atoms with Crippen LogP contribution in [0.4, 0.5) is 5.69 Å². The van der Waals surface area contributed by atoms with Gasteiger partial charge in [-0.25, -0.2) is 0 Å². The first-order valence-electron chi connectivity index (χ1n) is 5.90. The number of benzene rings is 1. The number of nitrogens with two attached hydrogens (primary N) is 1. The SMILES string of the molecule is Cc1ccc(C(=O)NCC(O)C2CC2)cc1N. The molecule has 1 amide bonds. The van der Waals surface area contributed by atoms with Crippen molar-refractivity contribution < 1.29 is 9.90 Å². The van der Waals surface area contributed by atoms with Gasteiger partial charge < -0.3 is 16.2 Å². The van der Waals surface area contributed by atoms with Crippen molar-refractivity contribution >= 4 is 11.6 Å². The van der Waals surface area contributed by atoms with Gasteiger partial charge in [-0.3, -0.25) is 4.79 Å². The van der Waals surface area contributed by atoms with Crippen LogP contribution in [0.15, 0.2) is 18.2 Å². The molecule has 1 aliphatic rings. The average Bonchev–Trinajstić information content (AvgIpc) is 3.13. The predicted octanol–water partition coefficient (Wildman–Crippen LogP) is 1.08. The van der Waals surface area contributed by atoms with E-state index in [4.69, 9.17) is 5.73 Å². The summed E-state index contributed by atoms with van der Waals surface area (Å²) in [6.45, 7) is 2.21. The smallest absolute Gasteiger partial charge is 0.251 e. The third kappa shape index (κ3) is 2.97. The molecule has 2 rings (SSSR count). The summed E-state index contributed by atoms with van der Waals surface area (Å²) in [4.78, 5) is 11.8. The van der Waals surface area contributed by atoms with Gasteiger partial charge in [0.05, 0.1) is 6.10 Å². The van der Waals surface area contributed by atoms with E-state index in [0.29, 0.717) is 23.7 Å². The Morgan fingerprint density at radius 1 is 1.59 bits per heavy atom. The largest absolute Gasteiger partial charge is 0.398 e. The molecule has 1 fully saturated rings. The number of nitrogen functional groups attached to an aromatic ring is 1. The molecule has 4 heteroatoms. The summed E-state index contributed by atoms with van der Waals surface area (Å²) in [5, 5.41) is 12.4. The number of aliphatic hydroxyl groups is 1. The zero-order valence-electron chi connectivity index (χ0n) is 9.94. The Bertz CT molecular complexity index is 427.